The molecule has 6 heteroatoms. The molecular weight excluding hydrogens is 268 g/mol. The zero-order chi connectivity index (χ0) is 15.7. The van der Waals surface area contributed by atoms with Gasteiger partial charge in [-0.15, -0.1) is 0 Å². The first-order valence-corrected chi connectivity index (χ1v) is 7.46. The fraction of sp³-hybridized carbons (Fsp3) is 0.733. The van der Waals surface area contributed by atoms with Crippen LogP contribution in [0.15, 0.2) is 12.4 Å². The molecule has 2 amide bonds. The Bertz CT molecular complexity index is 508. The Hall–Kier alpha value is -1.56. The average Bonchev–Trinajstić information content (AvgIpc) is 2.95. The number of hydrogen-bond acceptors (Lipinski definition) is 3. The predicted octanol–water partition coefficient (Wildman–Crippen LogP) is 1.51. The molecule has 21 heavy (non-hydrogen) atoms. The number of aryl methyl sites for hydroxylation is 1. The van der Waals surface area contributed by atoms with E-state index in [1.54, 1.807) is 31.0 Å². The SMILES string of the molecule is Cn1cc(C(C)(O)CNC(=O)NC2CCCC2(C)C)cn1. The second-order valence-electron chi connectivity index (χ2n) is 6.94. The van der Waals surface area contributed by atoms with Crippen LogP contribution >= 0.6 is 0 Å². The summed E-state index contributed by atoms with van der Waals surface area (Å²) in [5.41, 5.74) is -0.300. The maximum Gasteiger partial charge on any atom is 0.315 e. The van der Waals surface area contributed by atoms with Gasteiger partial charge >= 0.3 is 6.03 Å². The highest BCUT2D eigenvalue weighted by atomic mass is 16.3. The number of aromatic nitrogens is 2. The van der Waals surface area contributed by atoms with Crippen molar-refractivity contribution in [3.05, 3.63) is 18.0 Å². The summed E-state index contributed by atoms with van der Waals surface area (Å²) in [6.45, 7) is 6.18. The van der Waals surface area contributed by atoms with E-state index in [0.717, 1.165) is 19.3 Å². The fourth-order valence-electron chi connectivity index (χ4n) is 2.86. The molecule has 118 valence electrons. The van der Waals surface area contributed by atoms with Crippen molar-refractivity contribution in [3.63, 3.8) is 0 Å². The Morgan fingerprint density at radius 1 is 1.62 bits per heavy atom. The molecular formula is C15H26N4O2. The van der Waals surface area contributed by atoms with Crippen LogP contribution in [0, 0.1) is 5.41 Å². The number of carbonyl (C=O) groups is 1. The van der Waals surface area contributed by atoms with E-state index in [2.05, 4.69) is 29.6 Å². The van der Waals surface area contributed by atoms with Gasteiger partial charge in [-0.1, -0.05) is 20.3 Å². The minimum atomic E-state index is -1.13. The molecule has 1 saturated carbocycles. The molecule has 1 aliphatic carbocycles. The number of nitrogens with one attached hydrogen (secondary N) is 2. The van der Waals surface area contributed by atoms with Gasteiger partial charge in [-0.25, -0.2) is 4.79 Å². The number of carbonyl (C=O) groups excluding carboxylic acids is 1. The third kappa shape index (κ3) is 3.75. The highest BCUT2D eigenvalue weighted by Crippen LogP contribution is 2.37. The molecule has 0 bridgehead atoms. The molecule has 1 fully saturated rings. The molecule has 3 N–H and O–H groups in total. The first-order chi connectivity index (χ1) is 9.71. The molecule has 1 aliphatic rings. The van der Waals surface area contributed by atoms with E-state index < -0.39 is 5.60 Å². The standard InChI is InChI=1S/C15H26N4O2/c1-14(2)7-5-6-12(14)18-13(20)16-10-15(3,21)11-8-17-19(4)9-11/h8-9,12,21H,5-7,10H2,1-4H3,(H2,16,18,20). The largest absolute Gasteiger partial charge is 0.383 e. The quantitative estimate of drug-likeness (QED) is 0.787. The monoisotopic (exact) mass is 294 g/mol. The van der Waals surface area contributed by atoms with Gasteiger partial charge < -0.3 is 15.7 Å². The van der Waals surface area contributed by atoms with Gasteiger partial charge in [0.2, 0.25) is 0 Å². The maximum atomic E-state index is 12.0. The zero-order valence-corrected chi connectivity index (χ0v) is 13.3. The van der Waals surface area contributed by atoms with Crippen molar-refractivity contribution < 1.29 is 9.90 Å². The van der Waals surface area contributed by atoms with Crippen molar-refractivity contribution in [3.8, 4) is 0 Å². The van der Waals surface area contributed by atoms with E-state index in [0.29, 0.717) is 5.56 Å². The predicted molar refractivity (Wildman–Crippen MR) is 80.7 cm³/mol. The number of nitrogens with zero attached hydrogens (tertiary/aromatic N) is 2. The van der Waals surface area contributed by atoms with Crippen molar-refractivity contribution in [1.82, 2.24) is 20.4 Å². The number of amides is 2. The summed E-state index contributed by atoms with van der Waals surface area (Å²) in [6, 6.07) is -0.0278. The molecule has 1 aromatic heterocycles. The number of rotatable bonds is 4. The van der Waals surface area contributed by atoms with E-state index in [1.165, 1.54) is 0 Å². The van der Waals surface area contributed by atoms with Gasteiger partial charge in [0.25, 0.3) is 0 Å². The van der Waals surface area contributed by atoms with Gasteiger partial charge in [0.1, 0.15) is 5.60 Å². The second-order valence-corrected chi connectivity index (χ2v) is 6.94. The van der Waals surface area contributed by atoms with Crippen molar-refractivity contribution >= 4 is 6.03 Å². The van der Waals surface area contributed by atoms with Crippen LogP contribution in [0.1, 0.15) is 45.6 Å². The molecule has 0 aromatic carbocycles. The number of hydrogen-bond donors (Lipinski definition) is 3. The van der Waals surface area contributed by atoms with Gasteiger partial charge in [0, 0.05) is 24.8 Å². The van der Waals surface area contributed by atoms with Crippen LogP contribution in [0.3, 0.4) is 0 Å². The Morgan fingerprint density at radius 3 is 2.86 bits per heavy atom. The normalized spacial score (nSPS) is 23.6. The lowest BCUT2D eigenvalue weighted by molar-refractivity contribution is 0.0590. The summed E-state index contributed by atoms with van der Waals surface area (Å²) >= 11 is 0. The minimum absolute atomic E-state index is 0.142. The van der Waals surface area contributed by atoms with Crippen molar-refractivity contribution in [2.45, 2.75) is 51.7 Å². The lowest BCUT2D eigenvalue weighted by Gasteiger charge is -2.29. The summed E-state index contributed by atoms with van der Waals surface area (Å²) in [4.78, 5) is 12.0. The Morgan fingerprint density at radius 2 is 2.33 bits per heavy atom. The van der Waals surface area contributed by atoms with Gasteiger partial charge in [-0.05, 0) is 25.2 Å². The van der Waals surface area contributed by atoms with Crippen molar-refractivity contribution in [2.24, 2.45) is 12.5 Å². The van der Waals surface area contributed by atoms with Crippen LogP contribution in [-0.4, -0.2) is 33.5 Å². The molecule has 0 radical (unpaired) electrons. The maximum absolute atomic E-state index is 12.0. The van der Waals surface area contributed by atoms with E-state index in [4.69, 9.17) is 0 Å². The zero-order valence-electron chi connectivity index (χ0n) is 13.3. The number of urea groups is 1. The molecule has 1 aromatic rings. The lowest BCUT2D eigenvalue weighted by Crippen LogP contribution is -2.49. The first kappa shape index (κ1) is 15.8. The van der Waals surface area contributed by atoms with Crippen molar-refractivity contribution in [1.29, 1.82) is 0 Å². The van der Waals surface area contributed by atoms with Gasteiger partial charge in [-0.3, -0.25) is 4.68 Å². The summed E-state index contributed by atoms with van der Waals surface area (Å²) in [5, 5.41) is 20.2. The van der Waals surface area contributed by atoms with Gasteiger partial charge in [0.05, 0.1) is 12.7 Å². The van der Waals surface area contributed by atoms with Crippen LogP contribution in [0.2, 0.25) is 0 Å². The second kappa shape index (κ2) is 5.67. The molecule has 2 atom stereocenters. The first-order valence-electron chi connectivity index (χ1n) is 7.46. The van der Waals surface area contributed by atoms with Crippen LogP contribution in [0.5, 0.6) is 0 Å². The molecule has 2 rings (SSSR count). The van der Waals surface area contributed by atoms with E-state index >= 15 is 0 Å². The molecule has 2 unspecified atom stereocenters. The smallest absolute Gasteiger partial charge is 0.315 e. The Labute approximate surface area is 125 Å². The summed E-state index contributed by atoms with van der Waals surface area (Å²) in [5.74, 6) is 0. The fourth-order valence-corrected chi connectivity index (χ4v) is 2.86. The van der Waals surface area contributed by atoms with Crippen molar-refractivity contribution in [2.75, 3.05) is 6.54 Å². The molecule has 0 saturated heterocycles. The van der Waals surface area contributed by atoms with Crippen LogP contribution in [0.4, 0.5) is 4.79 Å². The Balaban J connectivity index is 1.86. The van der Waals surface area contributed by atoms with Crippen LogP contribution in [0.25, 0.3) is 0 Å². The summed E-state index contributed by atoms with van der Waals surface area (Å²) in [7, 11) is 1.79. The Kier molecular flexibility index (Phi) is 4.27. The molecule has 0 spiro atoms. The van der Waals surface area contributed by atoms with E-state index in [9.17, 15) is 9.90 Å². The number of aliphatic hydroxyl groups is 1. The van der Waals surface area contributed by atoms with Crippen LogP contribution < -0.4 is 10.6 Å². The van der Waals surface area contributed by atoms with E-state index in [-0.39, 0.29) is 24.0 Å². The average molecular weight is 294 g/mol. The van der Waals surface area contributed by atoms with E-state index in [1.807, 2.05) is 0 Å². The summed E-state index contributed by atoms with van der Waals surface area (Å²) < 4.78 is 1.63. The summed E-state index contributed by atoms with van der Waals surface area (Å²) in [6.07, 6.45) is 6.65. The lowest BCUT2D eigenvalue weighted by atomic mass is 9.87. The highest BCUT2D eigenvalue weighted by Gasteiger charge is 2.35. The van der Waals surface area contributed by atoms with Crippen LogP contribution in [-0.2, 0) is 12.6 Å². The third-order valence-corrected chi connectivity index (χ3v) is 4.48. The topological polar surface area (TPSA) is 79.2 Å². The highest BCUT2D eigenvalue weighted by molar-refractivity contribution is 5.74. The molecule has 1 heterocycles. The van der Waals surface area contributed by atoms with Gasteiger partial charge in [-0.2, -0.15) is 5.10 Å². The molecule has 6 nitrogen and oxygen atoms in total. The van der Waals surface area contributed by atoms with Gasteiger partial charge in [0.15, 0.2) is 0 Å². The third-order valence-electron chi connectivity index (χ3n) is 4.48. The molecule has 0 aliphatic heterocycles. The minimum Gasteiger partial charge on any atom is -0.383 e.